The highest BCUT2D eigenvalue weighted by Crippen LogP contribution is 2.27. The number of imide groups is 1. The fourth-order valence-corrected chi connectivity index (χ4v) is 2.38. The zero-order valence-electron chi connectivity index (χ0n) is 9.84. The number of carbonyl (C=O) groups is 2. The smallest absolute Gasteiger partial charge is 0.266 e. The van der Waals surface area contributed by atoms with E-state index in [1.165, 1.54) is 6.20 Å². The Bertz CT molecular complexity index is 632. The number of carbonyl (C=O) groups excluding carboxylic acids is 2. The lowest BCUT2D eigenvalue weighted by Gasteiger charge is -2.13. The van der Waals surface area contributed by atoms with Crippen LogP contribution in [0.25, 0.3) is 0 Å². The molecule has 0 spiro atoms. The van der Waals surface area contributed by atoms with Gasteiger partial charge in [0, 0.05) is 5.33 Å². The summed E-state index contributed by atoms with van der Waals surface area (Å²) in [5.74, 6) is -0.594. The van der Waals surface area contributed by atoms with Crippen LogP contribution < -0.4 is 4.90 Å². The van der Waals surface area contributed by atoms with E-state index < -0.39 is 0 Å². The van der Waals surface area contributed by atoms with E-state index in [-0.39, 0.29) is 11.8 Å². The number of alkyl halides is 1. The summed E-state index contributed by atoms with van der Waals surface area (Å²) in [6.07, 6.45) is 1.54. The van der Waals surface area contributed by atoms with Crippen molar-refractivity contribution in [2.75, 3.05) is 4.90 Å². The summed E-state index contributed by atoms with van der Waals surface area (Å²) in [5, 5.41) is 0.634. The van der Waals surface area contributed by atoms with E-state index >= 15 is 0 Å². The average molecular weight is 317 g/mol. The number of pyridine rings is 1. The Kier molecular flexibility index (Phi) is 2.91. The summed E-state index contributed by atoms with van der Waals surface area (Å²) < 4.78 is 0. The first kappa shape index (κ1) is 12.0. The van der Waals surface area contributed by atoms with Gasteiger partial charge in [0.25, 0.3) is 11.8 Å². The molecule has 19 heavy (non-hydrogen) atoms. The van der Waals surface area contributed by atoms with Crippen LogP contribution in [0.3, 0.4) is 0 Å². The topological polar surface area (TPSA) is 50.3 Å². The van der Waals surface area contributed by atoms with Crippen molar-refractivity contribution in [3.05, 3.63) is 59.4 Å². The Labute approximate surface area is 118 Å². The lowest BCUT2D eigenvalue weighted by atomic mass is 10.1. The van der Waals surface area contributed by atoms with Crippen molar-refractivity contribution in [2.24, 2.45) is 0 Å². The molecule has 2 aromatic rings. The van der Waals surface area contributed by atoms with Crippen molar-refractivity contribution in [3.8, 4) is 0 Å². The lowest BCUT2D eigenvalue weighted by molar-refractivity contribution is 0.0926. The third kappa shape index (κ3) is 1.86. The molecular formula is C14H9BrN2O2. The minimum atomic E-state index is -0.297. The zero-order chi connectivity index (χ0) is 13.4. The Morgan fingerprint density at radius 2 is 1.63 bits per heavy atom. The van der Waals surface area contributed by atoms with Gasteiger partial charge in [0.2, 0.25) is 0 Å². The maximum Gasteiger partial charge on any atom is 0.266 e. The monoisotopic (exact) mass is 316 g/mol. The van der Waals surface area contributed by atoms with Crippen LogP contribution >= 0.6 is 15.9 Å². The van der Waals surface area contributed by atoms with Gasteiger partial charge in [0.15, 0.2) is 0 Å². The highest BCUT2D eigenvalue weighted by atomic mass is 79.9. The minimum Gasteiger partial charge on any atom is -0.268 e. The number of fused-ring (bicyclic) bond motifs is 1. The third-order valence-corrected chi connectivity index (χ3v) is 3.57. The number of rotatable bonds is 2. The molecule has 0 atom stereocenters. The van der Waals surface area contributed by atoms with Gasteiger partial charge < -0.3 is 0 Å². The number of anilines is 1. The molecule has 0 N–H and O–H groups in total. The van der Waals surface area contributed by atoms with Gasteiger partial charge in [0.1, 0.15) is 0 Å². The molecule has 1 aliphatic rings. The van der Waals surface area contributed by atoms with Gasteiger partial charge in [-0.3, -0.25) is 14.6 Å². The van der Waals surface area contributed by atoms with Crippen molar-refractivity contribution in [2.45, 2.75) is 5.33 Å². The van der Waals surface area contributed by atoms with Crippen LogP contribution in [0.5, 0.6) is 0 Å². The van der Waals surface area contributed by atoms with Gasteiger partial charge in [-0.2, -0.15) is 0 Å². The van der Waals surface area contributed by atoms with Crippen LogP contribution in [0.2, 0.25) is 0 Å². The second-order valence-corrected chi connectivity index (χ2v) is 4.69. The fraction of sp³-hybridized carbons (Fsp3) is 0.0714. The van der Waals surface area contributed by atoms with E-state index in [4.69, 9.17) is 0 Å². The number of amides is 2. The molecule has 1 aromatic carbocycles. The summed E-state index contributed by atoms with van der Waals surface area (Å²) in [6.45, 7) is 0. The minimum absolute atomic E-state index is 0.297. The van der Waals surface area contributed by atoms with Gasteiger partial charge in [-0.15, -0.1) is 0 Å². The Morgan fingerprint density at radius 1 is 1.00 bits per heavy atom. The molecule has 0 unspecified atom stereocenters. The van der Waals surface area contributed by atoms with Gasteiger partial charge >= 0.3 is 0 Å². The molecule has 4 nitrogen and oxygen atoms in total. The SMILES string of the molecule is O=C1c2ccccc2C(=O)N1c1ccc(CBr)nc1. The maximum absolute atomic E-state index is 12.2. The van der Waals surface area contributed by atoms with Crippen molar-refractivity contribution >= 4 is 33.4 Å². The molecule has 5 heteroatoms. The largest absolute Gasteiger partial charge is 0.268 e. The Hall–Kier alpha value is -2.01. The lowest BCUT2D eigenvalue weighted by Crippen LogP contribution is -2.29. The molecule has 1 aliphatic heterocycles. The van der Waals surface area contributed by atoms with Crippen molar-refractivity contribution in [3.63, 3.8) is 0 Å². The number of nitrogens with zero attached hydrogens (tertiary/aromatic N) is 2. The van der Waals surface area contributed by atoms with Gasteiger partial charge in [0.05, 0.1) is 28.7 Å². The summed E-state index contributed by atoms with van der Waals surface area (Å²) in [4.78, 5) is 29.8. The van der Waals surface area contributed by atoms with Crippen LogP contribution in [0.1, 0.15) is 26.4 Å². The first-order chi connectivity index (χ1) is 9.22. The molecule has 94 valence electrons. The van der Waals surface area contributed by atoms with Gasteiger partial charge in [-0.05, 0) is 24.3 Å². The van der Waals surface area contributed by atoms with Crippen molar-refractivity contribution < 1.29 is 9.59 Å². The van der Waals surface area contributed by atoms with Crippen LogP contribution in [0.15, 0.2) is 42.6 Å². The molecular weight excluding hydrogens is 308 g/mol. The number of halogens is 1. The van der Waals surface area contributed by atoms with E-state index in [0.29, 0.717) is 22.1 Å². The summed E-state index contributed by atoms with van der Waals surface area (Å²) in [5.41, 5.74) is 2.23. The van der Waals surface area contributed by atoms with Crippen LogP contribution in [-0.4, -0.2) is 16.8 Å². The predicted molar refractivity (Wildman–Crippen MR) is 74.5 cm³/mol. The molecule has 0 aliphatic carbocycles. The summed E-state index contributed by atoms with van der Waals surface area (Å²) in [6, 6.07) is 10.3. The van der Waals surface area contributed by atoms with E-state index in [1.54, 1.807) is 36.4 Å². The summed E-state index contributed by atoms with van der Waals surface area (Å²) >= 11 is 3.30. The molecule has 0 radical (unpaired) electrons. The fourth-order valence-electron chi connectivity index (χ4n) is 2.05. The number of aromatic nitrogens is 1. The molecule has 0 saturated heterocycles. The first-order valence-corrected chi connectivity index (χ1v) is 6.83. The van der Waals surface area contributed by atoms with Crippen LogP contribution in [-0.2, 0) is 5.33 Å². The normalized spacial score (nSPS) is 13.8. The van der Waals surface area contributed by atoms with E-state index in [2.05, 4.69) is 20.9 Å². The van der Waals surface area contributed by atoms with E-state index in [9.17, 15) is 9.59 Å². The maximum atomic E-state index is 12.2. The molecule has 2 amide bonds. The molecule has 0 saturated carbocycles. The number of hydrogen-bond donors (Lipinski definition) is 0. The highest BCUT2D eigenvalue weighted by Gasteiger charge is 2.36. The Morgan fingerprint density at radius 3 is 2.11 bits per heavy atom. The first-order valence-electron chi connectivity index (χ1n) is 5.71. The zero-order valence-corrected chi connectivity index (χ0v) is 11.4. The third-order valence-electron chi connectivity index (χ3n) is 3.00. The van der Waals surface area contributed by atoms with Crippen molar-refractivity contribution in [1.82, 2.24) is 4.98 Å². The van der Waals surface area contributed by atoms with Crippen LogP contribution in [0.4, 0.5) is 5.69 Å². The molecule has 3 rings (SSSR count). The Balaban J connectivity index is 2.03. The second kappa shape index (κ2) is 4.59. The van der Waals surface area contributed by atoms with E-state index in [1.807, 2.05) is 0 Å². The molecule has 0 fully saturated rings. The summed E-state index contributed by atoms with van der Waals surface area (Å²) in [7, 11) is 0. The number of benzene rings is 1. The van der Waals surface area contributed by atoms with Gasteiger partial charge in [-0.25, -0.2) is 4.90 Å². The average Bonchev–Trinajstić information content (AvgIpc) is 2.72. The molecule has 0 bridgehead atoms. The van der Waals surface area contributed by atoms with E-state index in [0.717, 1.165) is 10.6 Å². The van der Waals surface area contributed by atoms with Gasteiger partial charge in [-0.1, -0.05) is 28.1 Å². The van der Waals surface area contributed by atoms with Crippen molar-refractivity contribution in [1.29, 1.82) is 0 Å². The molecule has 1 aromatic heterocycles. The highest BCUT2D eigenvalue weighted by molar-refractivity contribution is 9.08. The predicted octanol–water partition coefficient (Wildman–Crippen LogP) is 2.78. The quantitative estimate of drug-likeness (QED) is 0.632. The van der Waals surface area contributed by atoms with Crippen LogP contribution in [0, 0.1) is 0 Å². The molecule has 2 heterocycles. The second-order valence-electron chi connectivity index (χ2n) is 4.13. The standard InChI is InChI=1S/C14H9BrN2O2/c15-7-9-5-6-10(8-16-9)17-13(18)11-3-1-2-4-12(11)14(17)19/h1-6,8H,7H2. The number of hydrogen-bond acceptors (Lipinski definition) is 3.